The normalized spacial score (nSPS) is 29.9. The molecule has 2 rings (SSSR count). The van der Waals surface area contributed by atoms with Crippen LogP contribution in [0.25, 0.3) is 0 Å². The Labute approximate surface area is 263 Å². The molecule has 0 saturated carbocycles. The van der Waals surface area contributed by atoms with E-state index in [1.54, 1.807) is 0 Å². The molecule has 7 atom stereocenters. The molecular weight excluding hydrogens is 560 g/mol. The Kier molecular flexibility index (Phi) is 13.1. The molecule has 2 aliphatic rings. The van der Waals surface area contributed by atoms with Crippen molar-refractivity contribution in [1.29, 1.82) is 0 Å². The molecule has 0 aliphatic carbocycles. The monoisotopic (exact) mass is 622 g/mol. The fraction of sp³-hybridized carbons (Fsp3) is 0.829. The summed E-state index contributed by atoms with van der Waals surface area (Å²) in [6.45, 7) is 33.9. The Balaban J connectivity index is 2.25. The number of carbonyl (C=O) groups excluding carboxylic acids is 2. The summed E-state index contributed by atoms with van der Waals surface area (Å²) in [6, 6.07) is 0. The van der Waals surface area contributed by atoms with Crippen molar-refractivity contribution in [3.05, 3.63) is 24.8 Å². The van der Waals surface area contributed by atoms with E-state index >= 15 is 0 Å². The highest BCUT2D eigenvalue weighted by Crippen LogP contribution is 2.46. The van der Waals surface area contributed by atoms with E-state index in [0.29, 0.717) is 41.5 Å². The SMILES string of the molecule is C=C[C@H]1OC(C)(C)O[C@H](C[C@@H](C)C(=O)C(=C)C[C@@H]2C[C@H](O[Si](C(C)C)(C(C)C)C(C)C)[C@@H](C)[C@H](CC(=O)OC)O2)C1(C)C. The van der Waals surface area contributed by atoms with Crippen LogP contribution in [0.2, 0.25) is 16.6 Å². The van der Waals surface area contributed by atoms with E-state index in [1.165, 1.54) is 7.11 Å². The highest BCUT2D eigenvalue weighted by Gasteiger charge is 2.50. The minimum Gasteiger partial charge on any atom is -0.469 e. The molecule has 0 N–H and O–H groups in total. The molecule has 2 fully saturated rings. The summed E-state index contributed by atoms with van der Waals surface area (Å²) in [5, 5.41) is 0. The molecule has 0 radical (unpaired) electrons. The maximum absolute atomic E-state index is 13.7. The Morgan fingerprint density at radius 1 is 0.977 bits per heavy atom. The van der Waals surface area contributed by atoms with E-state index in [2.05, 4.69) is 75.5 Å². The van der Waals surface area contributed by atoms with Gasteiger partial charge in [0.2, 0.25) is 8.32 Å². The van der Waals surface area contributed by atoms with Gasteiger partial charge in [-0.25, -0.2) is 0 Å². The average molecular weight is 623 g/mol. The number of hydrogen-bond acceptors (Lipinski definition) is 7. The highest BCUT2D eigenvalue weighted by atomic mass is 28.4. The van der Waals surface area contributed by atoms with Gasteiger partial charge in [-0.2, -0.15) is 0 Å². The number of Topliss-reactive ketones (excluding diaryl/α,β-unsaturated/α-hetero) is 1. The van der Waals surface area contributed by atoms with Crippen molar-refractivity contribution < 1.29 is 33.0 Å². The summed E-state index contributed by atoms with van der Waals surface area (Å²) in [5.41, 5.74) is 1.48. The molecule has 2 heterocycles. The van der Waals surface area contributed by atoms with Crippen LogP contribution in [0.1, 0.15) is 109 Å². The smallest absolute Gasteiger partial charge is 0.308 e. The number of carbonyl (C=O) groups is 2. The van der Waals surface area contributed by atoms with Gasteiger partial charge in [-0.1, -0.05) is 81.9 Å². The van der Waals surface area contributed by atoms with Crippen LogP contribution in [0.4, 0.5) is 0 Å². The van der Waals surface area contributed by atoms with E-state index < -0.39 is 14.1 Å². The van der Waals surface area contributed by atoms with E-state index in [4.69, 9.17) is 23.4 Å². The van der Waals surface area contributed by atoms with Crippen molar-refractivity contribution in [2.24, 2.45) is 17.3 Å². The minimum atomic E-state index is -2.20. The van der Waals surface area contributed by atoms with Crippen molar-refractivity contribution in [3.8, 4) is 0 Å². The lowest BCUT2D eigenvalue weighted by molar-refractivity contribution is -0.333. The van der Waals surface area contributed by atoms with Gasteiger partial charge in [-0.15, -0.1) is 6.58 Å². The van der Waals surface area contributed by atoms with Gasteiger partial charge in [0.25, 0.3) is 0 Å². The van der Waals surface area contributed by atoms with Crippen LogP contribution in [0.15, 0.2) is 24.8 Å². The molecular formula is C35H62O7Si. The van der Waals surface area contributed by atoms with E-state index in [-0.39, 0.29) is 65.9 Å². The van der Waals surface area contributed by atoms with Crippen LogP contribution in [-0.2, 0) is 33.0 Å². The molecule has 0 aromatic heterocycles. The first-order chi connectivity index (χ1) is 19.7. The molecule has 2 saturated heterocycles. The number of ketones is 1. The second-order valence-electron chi connectivity index (χ2n) is 15.1. The third-order valence-corrected chi connectivity index (χ3v) is 16.3. The van der Waals surface area contributed by atoms with E-state index in [9.17, 15) is 9.59 Å². The predicted molar refractivity (Wildman–Crippen MR) is 175 cm³/mol. The standard InChI is InChI=1S/C35H62O7Si/c1-16-30-34(11,12)31(41-35(13,14)40-30)18-25(9)33(37)24(8)17-27-19-29(26(10)28(39-27)20-32(36)38-15)42-43(21(2)3,22(4)5)23(6)7/h16,21-23,25-31H,1,8,17-20H2,2-7,9-15H3/t25-,26+,27-,28+,29+,30-,31-/m1/s1. The third kappa shape index (κ3) is 8.69. The number of methoxy groups -OCH3 is 1. The largest absolute Gasteiger partial charge is 0.469 e. The van der Waals surface area contributed by atoms with Crippen LogP contribution >= 0.6 is 0 Å². The first-order valence-corrected chi connectivity index (χ1v) is 18.5. The van der Waals surface area contributed by atoms with Crippen LogP contribution in [0, 0.1) is 17.3 Å². The number of esters is 1. The fourth-order valence-corrected chi connectivity index (χ4v) is 13.2. The lowest BCUT2D eigenvalue weighted by Crippen LogP contribution is -2.55. The Morgan fingerprint density at radius 2 is 1.53 bits per heavy atom. The summed E-state index contributed by atoms with van der Waals surface area (Å²) in [7, 11) is -0.794. The minimum absolute atomic E-state index is 0.00965. The molecule has 7 nitrogen and oxygen atoms in total. The van der Waals surface area contributed by atoms with Gasteiger partial charge in [-0.3, -0.25) is 9.59 Å². The van der Waals surface area contributed by atoms with Gasteiger partial charge in [0.1, 0.15) is 0 Å². The maximum atomic E-state index is 13.7. The molecule has 0 bridgehead atoms. The number of hydrogen-bond donors (Lipinski definition) is 0. The van der Waals surface area contributed by atoms with Crippen LogP contribution in [-0.4, -0.2) is 63.5 Å². The molecule has 2 aliphatic heterocycles. The summed E-state index contributed by atoms with van der Waals surface area (Å²) < 4.78 is 31.2. The van der Waals surface area contributed by atoms with Gasteiger partial charge < -0.3 is 23.4 Å². The van der Waals surface area contributed by atoms with Crippen LogP contribution in [0.3, 0.4) is 0 Å². The van der Waals surface area contributed by atoms with E-state index in [0.717, 1.165) is 0 Å². The van der Waals surface area contributed by atoms with Crippen molar-refractivity contribution in [2.45, 2.75) is 162 Å². The maximum Gasteiger partial charge on any atom is 0.308 e. The molecule has 8 heteroatoms. The summed E-state index contributed by atoms with van der Waals surface area (Å²) in [4.78, 5) is 26.1. The van der Waals surface area contributed by atoms with Crippen molar-refractivity contribution in [1.82, 2.24) is 0 Å². The number of ether oxygens (including phenoxy) is 4. The summed E-state index contributed by atoms with van der Waals surface area (Å²) >= 11 is 0. The molecule has 0 amide bonds. The quantitative estimate of drug-likeness (QED) is 0.0836. The number of rotatable bonds is 14. The van der Waals surface area contributed by atoms with Gasteiger partial charge in [0.15, 0.2) is 11.6 Å². The molecule has 0 unspecified atom stereocenters. The van der Waals surface area contributed by atoms with Crippen LogP contribution < -0.4 is 0 Å². The van der Waals surface area contributed by atoms with Crippen molar-refractivity contribution in [2.75, 3.05) is 7.11 Å². The summed E-state index contributed by atoms with van der Waals surface area (Å²) in [5.74, 6) is -1.34. The second kappa shape index (κ2) is 14.8. The van der Waals surface area contributed by atoms with Crippen molar-refractivity contribution in [3.63, 3.8) is 0 Å². The van der Waals surface area contributed by atoms with Crippen molar-refractivity contribution >= 4 is 20.1 Å². The van der Waals surface area contributed by atoms with Gasteiger partial charge in [0, 0.05) is 23.7 Å². The Bertz CT molecular complexity index is 963. The average Bonchev–Trinajstić information content (AvgIpc) is 2.89. The first kappa shape index (κ1) is 37.9. The zero-order chi connectivity index (χ0) is 33.1. The zero-order valence-electron chi connectivity index (χ0n) is 29.5. The predicted octanol–water partition coefficient (Wildman–Crippen LogP) is 8.18. The molecule has 0 spiro atoms. The molecule has 0 aromatic rings. The lowest BCUT2D eigenvalue weighted by atomic mass is 9.75. The van der Waals surface area contributed by atoms with Gasteiger partial charge in [0.05, 0.1) is 44.1 Å². The lowest BCUT2D eigenvalue weighted by Gasteiger charge is -2.50. The third-order valence-electron chi connectivity index (χ3n) is 10.1. The zero-order valence-corrected chi connectivity index (χ0v) is 30.5. The summed E-state index contributed by atoms with van der Waals surface area (Å²) in [6.07, 6.45) is 2.48. The topological polar surface area (TPSA) is 80.3 Å². The Morgan fingerprint density at radius 3 is 2.02 bits per heavy atom. The first-order valence-electron chi connectivity index (χ1n) is 16.3. The van der Waals surface area contributed by atoms with Gasteiger partial charge in [-0.05, 0) is 48.9 Å². The fourth-order valence-electron chi connectivity index (χ4n) is 7.60. The molecule has 43 heavy (non-hydrogen) atoms. The van der Waals surface area contributed by atoms with E-state index in [1.807, 2.05) is 26.8 Å². The van der Waals surface area contributed by atoms with Crippen LogP contribution in [0.5, 0.6) is 0 Å². The second-order valence-corrected chi connectivity index (χ2v) is 20.5. The highest BCUT2D eigenvalue weighted by molar-refractivity contribution is 6.77. The molecule has 248 valence electrons. The Hall–Kier alpha value is -1.32. The van der Waals surface area contributed by atoms with Gasteiger partial charge >= 0.3 is 5.97 Å². The molecule has 0 aromatic carbocycles.